The van der Waals surface area contributed by atoms with Crippen LogP contribution in [0.25, 0.3) is 11.5 Å². The van der Waals surface area contributed by atoms with Crippen LogP contribution in [0.5, 0.6) is 0 Å². The van der Waals surface area contributed by atoms with E-state index in [4.69, 9.17) is 9.97 Å². The van der Waals surface area contributed by atoms with E-state index in [-0.39, 0.29) is 0 Å². The van der Waals surface area contributed by atoms with Crippen LogP contribution in [-0.4, -0.2) is 44.1 Å². The zero-order chi connectivity index (χ0) is 16.4. The van der Waals surface area contributed by atoms with E-state index in [1.807, 2.05) is 37.0 Å². The van der Waals surface area contributed by atoms with Gasteiger partial charge < -0.3 is 9.47 Å². The number of imidazole rings is 1. The van der Waals surface area contributed by atoms with Gasteiger partial charge in [-0.3, -0.25) is 0 Å². The molecule has 3 rings (SSSR count). The van der Waals surface area contributed by atoms with Crippen molar-refractivity contribution in [3.05, 3.63) is 30.0 Å². The summed E-state index contributed by atoms with van der Waals surface area (Å²) >= 11 is 0. The van der Waals surface area contributed by atoms with Gasteiger partial charge in [0.25, 0.3) is 0 Å². The third-order valence-corrected chi connectivity index (χ3v) is 4.42. The lowest BCUT2D eigenvalue weighted by Crippen LogP contribution is -2.37. The van der Waals surface area contributed by atoms with E-state index in [9.17, 15) is 0 Å². The average Bonchev–Trinajstić information content (AvgIpc) is 2.92. The molecule has 2 aromatic heterocycles. The topological polar surface area (TPSA) is 46.8 Å². The molecular weight excluding hydrogens is 286 g/mol. The molecule has 5 heteroatoms. The van der Waals surface area contributed by atoms with Crippen LogP contribution >= 0.6 is 0 Å². The summed E-state index contributed by atoms with van der Waals surface area (Å²) in [6.45, 7) is 10.0. The Morgan fingerprint density at radius 1 is 1.30 bits per heavy atom. The minimum Gasteiger partial charge on any atom is -0.333 e. The van der Waals surface area contributed by atoms with Crippen molar-refractivity contribution in [2.24, 2.45) is 13.0 Å². The minimum absolute atomic E-state index is 0.432. The second-order valence-electron chi connectivity index (χ2n) is 7.11. The normalized spacial score (nSPS) is 19.4. The molecule has 3 heterocycles. The molecular formula is C18H27N5. The molecule has 1 saturated heterocycles. The van der Waals surface area contributed by atoms with Gasteiger partial charge in [-0.05, 0) is 38.3 Å². The third-order valence-electron chi connectivity index (χ3n) is 4.42. The highest BCUT2D eigenvalue weighted by atomic mass is 15.1. The molecule has 1 atom stereocenters. The van der Waals surface area contributed by atoms with Gasteiger partial charge in [0.2, 0.25) is 0 Å². The summed E-state index contributed by atoms with van der Waals surface area (Å²) in [6.07, 6.45) is 6.18. The van der Waals surface area contributed by atoms with Crippen molar-refractivity contribution >= 4 is 0 Å². The molecule has 5 nitrogen and oxygen atoms in total. The fraction of sp³-hybridized carbons (Fsp3) is 0.611. The van der Waals surface area contributed by atoms with E-state index in [0.29, 0.717) is 11.8 Å². The highest BCUT2D eigenvalue weighted by Crippen LogP contribution is 2.27. The molecule has 1 aliphatic rings. The van der Waals surface area contributed by atoms with Crippen molar-refractivity contribution in [1.29, 1.82) is 0 Å². The van der Waals surface area contributed by atoms with Gasteiger partial charge in [0, 0.05) is 44.1 Å². The Morgan fingerprint density at radius 2 is 2.13 bits per heavy atom. The van der Waals surface area contributed by atoms with Gasteiger partial charge in [0.05, 0.1) is 0 Å². The molecule has 0 aromatic carbocycles. The molecule has 2 aromatic rings. The molecule has 0 saturated carbocycles. The summed E-state index contributed by atoms with van der Waals surface area (Å²) in [5.41, 5.74) is 1.95. The summed E-state index contributed by atoms with van der Waals surface area (Å²) in [4.78, 5) is 16.6. The first-order valence-electron chi connectivity index (χ1n) is 8.58. The lowest BCUT2D eigenvalue weighted by atomic mass is 9.96. The fourth-order valence-electron chi connectivity index (χ4n) is 3.45. The fourth-order valence-corrected chi connectivity index (χ4v) is 3.45. The smallest absolute Gasteiger partial charge is 0.158 e. The average molecular weight is 313 g/mol. The molecule has 0 N–H and O–H groups in total. The first-order chi connectivity index (χ1) is 11.0. The van der Waals surface area contributed by atoms with Crippen molar-refractivity contribution in [3.8, 4) is 11.5 Å². The van der Waals surface area contributed by atoms with E-state index < -0.39 is 0 Å². The Bertz CT molecular complexity index is 661. The summed E-state index contributed by atoms with van der Waals surface area (Å²) in [5, 5.41) is 0. The second kappa shape index (κ2) is 6.79. The second-order valence-corrected chi connectivity index (χ2v) is 7.11. The highest BCUT2D eigenvalue weighted by molar-refractivity contribution is 5.50. The molecule has 124 valence electrons. The van der Waals surface area contributed by atoms with Gasteiger partial charge in [0.1, 0.15) is 11.5 Å². The van der Waals surface area contributed by atoms with E-state index >= 15 is 0 Å². The number of piperidine rings is 1. The number of rotatable bonds is 4. The van der Waals surface area contributed by atoms with Gasteiger partial charge in [0.15, 0.2) is 5.82 Å². The predicted octanol–water partition coefficient (Wildman–Crippen LogP) is 3.02. The van der Waals surface area contributed by atoms with Crippen LogP contribution in [0.1, 0.15) is 44.1 Å². The van der Waals surface area contributed by atoms with Crippen LogP contribution in [0.3, 0.4) is 0 Å². The predicted molar refractivity (Wildman–Crippen MR) is 92.2 cm³/mol. The summed E-state index contributed by atoms with van der Waals surface area (Å²) < 4.78 is 2.01. The molecule has 0 radical (unpaired) electrons. The number of aryl methyl sites for hydroxylation is 2. The van der Waals surface area contributed by atoms with Crippen LogP contribution in [0.2, 0.25) is 0 Å². The summed E-state index contributed by atoms with van der Waals surface area (Å²) in [7, 11) is 2.00. The van der Waals surface area contributed by atoms with Crippen molar-refractivity contribution in [2.45, 2.75) is 39.5 Å². The minimum atomic E-state index is 0.432. The van der Waals surface area contributed by atoms with Gasteiger partial charge in [-0.25, -0.2) is 15.0 Å². The largest absolute Gasteiger partial charge is 0.333 e. The van der Waals surface area contributed by atoms with Crippen molar-refractivity contribution in [2.75, 3.05) is 19.6 Å². The van der Waals surface area contributed by atoms with Crippen molar-refractivity contribution in [1.82, 2.24) is 24.4 Å². The zero-order valence-electron chi connectivity index (χ0n) is 14.7. The first-order valence-corrected chi connectivity index (χ1v) is 8.58. The van der Waals surface area contributed by atoms with Crippen LogP contribution in [0.4, 0.5) is 0 Å². The molecule has 0 unspecified atom stereocenters. The lowest BCUT2D eigenvalue weighted by molar-refractivity contribution is 0.184. The summed E-state index contributed by atoms with van der Waals surface area (Å²) in [6, 6.07) is 2.03. The van der Waals surface area contributed by atoms with Crippen LogP contribution < -0.4 is 0 Å². The maximum absolute atomic E-state index is 4.85. The standard InChI is InChI=1S/C18H27N5/c1-13(2)11-23-8-5-6-15(12-23)17-20-14(3)10-16(21-17)18-19-7-9-22(18)4/h7,9-10,13,15H,5-6,8,11-12H2,1-4H3/t15-/m1/s1. The molecule has 23 heavy (non-hydrogen) atoms. The third kappa shape index (κ3) is 3.78. The van der Waals surface area contributed by atoms with E-state index in [1.54, 1.807) is 0 Å². The van der Waals surface area contributed by atoms with Gasteiger partial charge in [-0.1, -0.05) is 13.8 Å². The Labute approximate surface area is 138 Å². The SMILES string of the molecule is Cc1cc(-c2nccn2C)nc([C@@H]2CCCN(CC(C)C)C2)n1. The maximum atomic E-state index is 4.85. The molecule has 0 amide bonds. The Morgan fingerprint density at radius 3 is 2.83 bits per heavy atom. The highest BCUT2D eigenvalue weighted by Gasteiger charge is 2.24. The van der Waals surface area contributed by atoms with E-state index in [0.717, 1.165) is 36.1 Å². The number of nitrogens with zero attached hydrogens (tertiary/aromatic N) is 5. The van der Waals surface area contributed by atoms with Crippen LogP contribution in [-0.2, 0) is 7.05 Å². The molecule has 0 aliphatic carbocycles. The monoisotopic (exact) mass is 313 g/mol. The van der Waals surface area contributed by atoms with Crippen LogP contribution in [0, 0.1) is 12.8 Å². The summed E-state index contributed by atoms with van der Waals surface area (Å²) in [5.74, 6) is 3.03. The molecule has 0 spiro atoms. The van der Waals surface area contributed by atoms with E-state index in [2.05, 4.69) is 23.7 Å². The van der Waals surface area contributed by atoms with E-state index in [1.165, 1.54) is 19.4 Å². The number of likely N-dealkylation sites (tertiary alicyclic amines) is 1. The number of hydrogen-bond donors (Lipinski definition) is 0. The molecule has 1 fully saturated rings. The number of hydrogen-bond acceptors (Lipinski definition) is 4. The van der Waals surface area contributed by atoms with Crippen molar-refractivity contribution < 1.29 is 0 Å². The lowest BCUT2D eigenvalue weighted by Gasteiger charge is -2.33. The molecule has 1 aliphatic heterocycles. The first kappa shape index (κ1) is 16.1. The Balaban J connectivity index is 1.85. The van der Waals surface area contributed by atoms with Crippen LogP contribution in [0.15, 0.2) is 18.5 Å². The number of aromatic nitrogens is 4. The quantitative estimate of drug-likeness (QED) is 0.870. The van der Waals surface area contributed by atoms with Crippen molar-refractivity contribution in [3.63, 3.8) is 0 Å². The van der Waals surface area contributed by atoms with Gasteiger partial charge in [-0.15, -0.1) is 0 Å². The zero-order valence-corrected chi connectivity index (χ0v) is 14.7. The molecule has 0 bridgehead atoms. The Kier molecular flexibility index (Phi) is 4.76. The van der Waals surface area contributed by atoms with Gasteiger partial charge in [-0.2, -0.15) is 0 Å². The van der Waals surface area contributed by atoms with Gasteiger partial charge >= 0.3 is 0 Å². The maximum Gasteiger partial charge on any atom is 0.158 e. The Hall–Kier alpha value is -1.75.